The molecule has 2 rings (SSSR count). The van der Waals surface area contributed by atoms with Gasteiger partial charge in [0.2, 0.25) is 11.8 Å². The Balaban J connectivity index is 1.73. The van der Waals surface area contributed by atoms with Gasteiger partial charge in [0.25, 0.3) is 0 Å². The highest BCUT2D eigenvalue weighted by molar-refractivity contribution is 5.93. The average molecular weight is 324 g/mol. The first-order valence-corrected chi connectivity index (χ1v) is 7.63. The second kappa shape index (κ2) is 8.57. The minimum atomic E-state index is -0.310. The van der Waals surface area contributed by atoms with Gasteiger partial charge in [-0.25, -0.2) is 5.43 Å². The number of hydrazone groups is 1. The van der Waals surface area contributed by atoms with Crippen molar-refractivity contribution in [1.29, 1.82) is 0 Å². The van der Waals surface area contributed by atoms with Crippen LogP contribution in [0.1, 0.15) is 29.5 Å². The Kier molecular flexibility index (Phi) is 6.19. The number of carbonyl (C=O) groups excluding carboxylic acids is 2. The van der Waals surface area contributed by atoms with Crippen LogP contribution in [-0.4, -0.2) is 23.0 Å². The van der Waals surface area contributed by atoms with Gasteiger partial charge < -0.3 is 5.32 Å². The number of rotatable bonds is 6. The number of carbonyl (C=O) groups is 2. The van der Waals surface area contributed by atoms with Crippen molar-refractivity contribution in [2.24, 2.45) is 5.10 Å². The van der Waals surface area contributed by atoms with Crippen molar-refractivity contribution in [1.82, 2.24) is 10.4 Å². The van der Waals surface area contributed by atoms with Gasteiger partial charge in [0.15, 0.2) is 0 Å². The molecule has 0 radical (unpaired) electrons. The van der Waals surface area contributed by atoms with E-state index < -0.39 is 0 Å². The van der Waals surface area contributed by atoms with Crippen molar-refractivity contribution in [2.45, 2.75) is 26.7 Å². The number of benzene rings is 1. The highest BCUT2D eigenvalue weighted by atomic mass is 16.2. The lowest BCUT2D eigenvalue weighted by atomic mass is 10.1. The lowest BCUT2D eigenvalue weighted by Gasteiger charge is -2.07. The molecule has 2 aromatic rings. The fourth-order valence-electron chi connectivity index (χ4n) is 1.95. The molecule has 1 heterocycles. The number of nitrogens with one attached hydrogen (secondary N) is 2. The summed E-state index contributed by atoms with van der Waals surface area (Å²) in [5.41, 5.74) is 6.24. The molecule has 1 aromatic heterocycles. The molecule has 0 atom stereocenters. The van der Waals surface area contributed by atoms with Crippen LogP contribution in [0.3, 0.4) is 0 Å². The highest BCUT2D eigenvalue weighted by Crippen LogP contribution is 2.14. The fourth-order valence-corrected chi connectivity index (χ4v) is 1.95. The van der Waals surface area contributed by atoms with Crippen LogP contribution in [0.2, 0.25) is 0 Å². The maximum absolute atomic E-state index is 11.9. The fraction of sp³-hybridized carbons (Fsp3) is 0.222. The third kappa shape index (κ3) is 5.64. The summed E-state index contributed by atoms with van der Waals surface area (Å²) in [6, 6.07) is 9.25. The number of aryl methyl sites for hydroxylation is 2. The van der Waals surface area contributed by atoms with Gasteiger partial charge in [-0.05, 0) is 54.8 Å². The zero-order chi connectivity index (χ0) is 17.4. The highest BCUT2D eigenvalue weighted by Gasteiger charge is 2.07. The Labute approximate surface area is 141 Å². The number of nitrogens with zero attached hydrogens (tertiary/aromatic N) is 2. The molecular formula is C18H20N4O2. The Bertz CT molecular complexity index is 742. The molecule has 0 aliphatic rings. The third-order valence-corrected chi connectivity index (χ3v) is 3.48. The van der Waals surface area contributed by atoms with Crippen LogP contribution in [0.15, 0.2) is 47.8 Å². The summed E-state index contributed by atoms with van der Waals surface area (Å²) in [4.78, 5) is 27.4. The first-order valence-electron chi connectivity index (χ1n) is 7.63. The zero-order valence-corrected chi connectivity index (χ0v) is 13.7. The van der Waals surface area contributed by atoms with Gasteiger partial charge in [0.05, 0.1) is 6.21 Å². The van der Waals surface area contributed by atoms with Crippen molar-refractivity contribution >= 4 is 23.7 Å². The number of pyridine rings is 1. The number of hydrogen-bond acceptors (Lipinski definition) is 4. The molecule has 6 heteroatoms. The van der Waals surface area contributed by atoms with Crippen LogP contribution in [0.4, 0.5) is 5.69 Å². The van der Waals surface area contributed by atoms with E-state index >= 15 is 0 Å². The molecule has 2 amide bonds. The predicted molar refractivity (Wildman–Crippen MR) is 93.8 cm³/mol. The molecule has 0 saturated heterocycles. The Hall–Kier alpha value is -3.02. The molecule has 0 aliphatic heterocycles. The molecule has 0 bridgehead atoms. The monoisotopic (exact) mass is 324 g/mol. The van der Waals surface area contributed by atoms with E-state index in [0.717, 1.165) is 16.8 Å². The van der Waals surface area contributed by atoms with E-state index in [-0.39, 0.29) is 24.7 Å². The van der Waals surface area contributed by atoms with Gasteiger partial charge in [-0.15, -0.1) is 0 Å². The molecular weight excluding hydrogens is 304 g/mol. The second-order valence-corrected chi connectivity index (χ2v) is 5.42. The maximum Gasteiger partial charge on any atom is 0.240 e. The second-order valence-electron chi connectivity index (χ2n) is 5.42. The van der Waals surface area contributed by atoms with Crippen LogP contribution >= 0.6 is 0 Å². The lowest BCUT2D eigenvalue weighted by molar-refractivity contribution is -0.124. The smallest absolute Gasteiger partial charge is 0.240 e. The van der Waals surface area contributed by atoms with Crippen molar-refractivity contribution in [3.63, 3.8) is 0 Å². The molecule has 0 spiro atoms. The summed E-state index contributed by atoms with van der Waals surface area (Å²) in [7, 11) is 0. The standard InChI is InChI=1S/C18H20N4O2/c1-13-3-4-16(11-14(13)2)21-17(23)5-6-18(24)22-20-12-15-7-9-19-10-8-15/h3-4,7-12H,5-6H2,1-2H3,(H,21,23)(H,22,24)/b20-12-. The third-order valence-electron chi connectivity index (χ3n) is 3.48. The van der Waals surface area contributed by atoms with Gasteiger partial charge in [-0.2, -0.15) is 5.10 Å². The van der Waals surface area contributed by atoms with Crippen molar-refractivity contribution < 1.29 is 9.59 Å². The summed E-state index contributed by atoms with van der Waals surface area (Å²) >= 11 is 0. The topological polar surface area (TPSA) is 83.5 Å². The Morgan fingerprint density at radius 2 is 1.75 bits per heavy atom. The first-order chi connectivity index (χ1) is 11.5. The largest absolute Gasteiger partial charge is 0.326 e. The Morgan fingerprint density at radius 1 is 1.04 bits per heavy atom. The SMILES string of the molecule is Cc1ccc(NC(=O)CCC(=O)N/N=C\c2ccncc2)cc1C. The van der Waals surface area contributed by atoms with Crippen molar-refractivity contribution in [2.75, 3.05) is 5.32 Å². The summed E-state index contributed by atoms with van der Waals surface area (Å²) in [6.45, 7) is 4.00. The molecule has 2 N–H and O–H groups in total. The molecule has 24 heavy (non-hydrogen) atoms. The normalized spacial score (nSPS) is 10.6. The van der Waals surface area contributed by atoms with E-state index in [9.17, 15) is 9.59 Å². The van der Waals surface area contributed by atoms with Crippen LogP contribution in [-0.2, 0) is 9.59 Å². The molecule has 0 saturated carbocycles. The van der Waals surface area contributed by atoms with Gasteiger partial charge in [0.1, 0.15) is 0 Å². The number of amides is 2. The lowest BCUT2D eigenvalue weighted by Crippen LogP contribution is -2.20. The average Bonchev–Trinajstić information content (AvgIpc) is 2.57. The minimum Gasteiger partial charge on any atom is -0.326 e. The summed E-state index contributed by atoms with van der Waals surface area (Å²) in [5.74, 6) is -0.512. The van der Waals surface area contributed by atoms with Crippen LogP contribution in [0.25, 0.3) is 0 Å². The van der Waals surface area contributed by atoms with Crippen LogP contribution in [0, 0.1) is 13.8 Å². The maximum atomic E-state index is 11.9. The van der Waals surface area contributed by atoms with E-state index in [1.54, 1.807) is 24.5 Å². The number of hydrogen-bond donors (Lipinski definition) is 2. The van der Waals surface area contributed by atoms with E-state index in [1.807, 2.05) is 32.0 Å². The van der Waals surface area contributed by atoms with Crippen LogP contribution < -0.4 is 10.7 Å². The van der Waals surface area contributed by atoms with Gasteiger partial charge in [-0.3, -0.25) is 14.6 Å². The van der Waals surface area contributed by atoms with E-state index in [0.29, 0.717) is 0 Å². The molecule has 1 aromatic carbocycles. The van der Waals surface area contributed by atoms with Gasteiger partial charge in [-0.1, -0.05) is 6.07 Å². The number of anilines is 1. The zero-order valence-electron chi connectivity index (χ0n) is 13.7. The number of aromatic nitrogens is 1. The molecule has 6 nitrogen and oxygen atoms in total. The van der Waals surface area contributed by atoms with Crippen LogP contribution in [0.5, 0.6) is 0 Å². The van der Waals surface area contributed by atoms with Crippen molar-refractivity contribution in [3.8, 4) is 0 Å². The van der Waals surface area contributed by atoms with Gasteiger partial charge in [0, 0.05) is 30.9 Å². The van der Waals surface area contributed by atoms with Gasteiger partial charge >= 0.3 is 0 Å². The molecule has 0 aliphatic carbocycles. The first kappa shape index (κ1) is 17.3. The summed E-state index contributed by atoms with van der Waals surface area (Å²) in [6.07, 6.45) is 4.98. The Morgan fingerprint density at radius 3 is 2.46 bits per heavy atom. The summed E-state index contributed by atoms with van der Waals surface area (Å²) in [5, 5.41) is 6.62. The van der Waals surface area contributed by atoms with E-state index in [4.69, 9.17) is 0 Å². The van der Waals surface area contributed by atoms with E-state index in [2.05, 4.69) is 20.8 Å². The molecule has 0 unspecified atom stereocenters. The molecule has 124 valence electrons. The summed E-state index contributed by atoms with van der Waals surface area (Å²) < 4.78 is 0. The molecule has 0 fully saturated rings. The minimum absolute atomic E-state index is 0.0738. The van der Waals surface area contributed by atoms with Crippen molar-refractivity contribution in [3.05, 3.63) is 59.4 Å². The predicted octanol–water partition coefficient (Wildman–Crippen LogP) is 2.57. The quantitative estimate of drug-likeness (QED) is 0.633. The van der Waals surface area contributed by atoms with E-state index in [1.165, 1.54) is 11.8 Å².